The first-order valence-corrected chi connectivity index (χ1v) is 30.8. The van der Waals surface area contributed by atoms with Gasteiger partial charge < -0.3 is 14.2 Å². The van der Waals surface area contributed by atoms with Crippen LogP contribution >= 0.6 is 0 Å². The number of rotatable bonds is 56. The average Bonchev–Trinajstić information content (AvgIpc) is 3.37. The van der Waals surface area contributed by atoms with Gasteiger partial charge in [-0.15, -0.1) is 0 Å². The maximum atomic E-state index is 12.8. The SMILES string of the molecule is CC/C=C\C/C=C\C/C=C\C/C=C\CCCCCCCCCCCCC(=O)OC(COC(=O)CCCCCCC)COC(=O)CCCCCCCCCCCCCCC/C=C\CCCCCCCCCC. The zero-order chi connectivity index (χ0) is 51.4. The molecule has 0 aromatic rings. The monoisotopic (exact) mass is 993 g/mol. The van der Waals surface area contributed by atoms with E-state index in [1.165, 1.54) is 186 Å². The van der Waals surface area contributed by atoms with E-state index in [9.17, 15) is 14.4 Å². The first-order valence-electron chi connectivity index (χ1n) is 30.8. The van der Waals surface area contributed by atoms with E-state index in [2.05, 4.69) is 81.5 Å². The smallest absolute Gasteiger partial charge is 0.306 e. The van der Waals surface area contributed by atoms with Crippen molar-refractivity contribution in [2.45, 2.75) is 322 Å². The topological polar surface area (TPSA) is 78.9 Å². The van der Waals surface area contributed by atoms with Gasteiger partial charge in [-0.3, -0.25) is 14.4 Å². The first-order chi connectivity index (χ1) is 35.0. The van der Waals surface area contributed by atoms with Gasteiger partial charge in [-0.2, -0.15) is 0 Å². The minimum Gasteiger partial charge on any atom is -0.462 e. The lowest BCUT2D eigenvalue weighted by Gasteiger charge is -2.18. The number of unbranched alkanes of at least 4 members (excludes halogenated alkanes) is 35. The Morgan fingerprint density at radius 2 is 0.549 bits per heavy atom. The van der Waals surface area contributed by atoms with Crippen molar-refractivity contribution in [3.05, 3.63) is 60.8 Å². The molecule has 0 aromatic heterocycles. The van der Waals surface area contributed by atoms with E-state index in [4.69, 9.17) is 14.2 Å². The van der Waals surface area contributed by atoms with Gasteiger partial charge in [0.05, 0.1) is 0 Å². The molecule has 1 atom stereocenters. The van der Waals surface area contributed by atoms with Crippen LogP contribution in [0.2, 0.25) is 0 Å². The van der Waals surface area contributed by atoms with Crippen LogP contribution in [0.1, 0.15) is 316 Å². The zero-order valence-corrected chi connectivity index (χ0v) is 47.2. The molecule has 0 aliphatic heterocycles. The van der Waals surface area contributed by atoms with Crippen molar-refractivity contribution in [2.75, 3.05) is 13.2 Å². The lowest BCUT2D eigenvalue weighted by Crippen LogP contribution is -2.30. The van der Waals surface area contributed by atoms with E-state index >= 15 is 0 Å². The lowest BCUT2D eigenvalue weighted by atomic mass is 10.0. The van der Waals surface area contributed by atoms with E-state index in [1.54, 1.807) is 0 Å². The van der Waals surface area contributed by atoms with Crippen molar-refractivity contribution < 1.29 is 28.6 Å². The molecule has 0 spiro atoms. The fraction of sp³-hybridized carbons (Fsp3) is 0.800. The minimum atomic E-state index is -0.772. The van der Waals surface area contributed by atoms with E-state index in [0.717, 1.165) is 89.9 Å². The van der Waals surface area contributed by atoms with Crippen LogP contribution in [0, 0.1) is 0 Å². The summed E-state index contributed by atoms with van der Waals surface area (Å²) in [5, 5.41) is 0. The summed E-state index contributed by atoms with van der Waals surface area (Å²) in [7, 11) is 0. The maximum Gasteiger partial charge on any atom is 0.306 e. The molecule has 6 heteroatoms. The molecular weight excluding hydrogens is 877 g/mol. The second-order valence-electron chi connectivity index (χ2n) is 20.6. The predicted octanol–water partition coefficient (Wildman–Crippen LogP) is 20.8. The summed E-state index contributed by atoms with van der Waals surface area (Å²) in [4.78, 5) is 37.9. The molecule has 0 N–H and O–H groups in total. The second-order valence-corrected chi connectivity index (χ2v) is 20.6. The van der Waals surface area contributed by atoms with E-state index in [1.807, 2.05) is 0 Å². The molecular formula is C65H116O6. The summed E-state index contributed by atoms with van der Waals surface area (Å²) >= 11 is 0. The Morgan fingerprint density at radius 1 is 0.296 bits per heavy atom. The molecule has 0 saturated heterocycles. The highest BCUT2D eigenvalue weighted by atomic mass is 16.6. The Balaban J connectivity index is 4.04. The van der Waals surface area contributed by atoms with Gasteiger partial charge in [0, 0.05) is 19.3 Å². The van der Waals surface area contributed by atoms with E-state index in [-0.39, 0.29) is 31.1 Å². The fourth-order valence-electron chi connectivity index (χ4n) is 8.90. The van der Waals surface area contributed by atoms with Crippen molar-refractivity contribution in [2.24, 2.45) is 0 Å². The van der Waals surface area contributed by atoms with Gasteiger partial charge in [-0.1, -0.05) is 274 Å². The van der Waals surface area contributed by atoms with E-state index < -0.39 is 6.10 Å². The molecule has 0 rings (SSSR count). The number of allylic oxidation sites excluding steroid dienone is 10. The van der Waals surface area contributed by atoms with Crippen molar-refractivity contribution in [1.82, 2.24) is 0 Å². The fourth-order valence-corrected chi connectivity index (χ4v) is 8.90. The molecule has 0 amide bonds. The Hall–Kier alpha value is -2.89. The van der Waals surface area contributed by atoms with Gasteiger partial charge in [-0.25, -0.2) is 0 Å². The minimum absolute atomic E-state index is 0.0738. The Kier molecular flexibility index (Phi) is 57.2. The Labute approximate surface area is 440 Å². The number of carbonyl (C=O) groups excluding carboxylic acids is 3. The molecule has 0 saturated carbocycles. The lowest BCUT2D eigenvalue weighted by molar-refractivity contribution is -0.167. The molecule has 6 nitrogen and oxygen atoms in total. The number of hydrogen-bond donors (Lipinski definition) is 0. The van der Waals surface area contributed by atoms with Crippen LogP contribution in [0.15, 0.2) is 60.8 Å². The number of esters is 3. The second kappa shape index (κ2) is 59.7. The molecule has 412 valence electrons. The van der Waals surface area contributed by atoms with Crippen LogP contribution < -0.4 is 0 Å². The number of carbonyl (C=O) groups is 3. The van der Waals surface area contributed by atoms with Crippen LogP contribution in [0.3, 0.4) is 0 Å². The van der Waals surface area contributed by atoms with Gasteiger partial charge in [0.15, 0.2) is 6.10 Å². The molecule has 0 heterocycles. The maximum absolute atomic E-state index is 12.8. The van der Waals surface area contributed by atoms with Gasteiger partial charge in [0.25, 0.3) is 0 Å². The van der Waals surface area contributed by atoms with Crippen LogP contribution in [-0.4, -0.2) is 37.2 Å². The number of hydrogen-bond acceptors (Lipinski definition) is 6. The molecule has 0 aliphatic rings. The normalized spacial score (nSPS) is 12.4. The largest absolute Gasteiger partial charge is 0.462 e. The summed E-state index contributed by atoms with van der Waals surface area (Å²) < 4.78 is 16.8. The molecule has 0 radical (unpaired) electrons. The van der Waals surface area contributed by atoms with Gasteiger partial charge in [0.2, 0.25) is 0 Å². The molecule has 1 unspecified atom stereocenters. The highest BCUT2D eigenvalue weighted by Crippen LogP contribution is 2.17. The van der Waals surface area contributed by atoms with Gasteiger partial charge in [-0.05, 0) is 83.5 Å². The summed E-state index contributed by atoms with van der Waals surface area (Å²) in [5.41, 5.74) is 0. The van der Waals surface area contributed by atoms with Gasteiger partial charge >= 0.3 is 17.9 Å². The first kappa shape index (κ1) is 68.1. The Bertz CT molecular complexity index is 1280. The molecule has 0 fully saturated rings. The quantitative estimate of drug-likeness (QED) is 0.0261. The van der Waals surface area contributed by atoms with Crippen LogP contribution in [0.5, 0.6) is 0 Å². The van der Waals surface area contributed by atoms with Crippen molar-refractivity contribution >= 4 is 17.9 Å². The summed E-state index contributed by atoms with van der Waals surface area (Å²) in [6.07, 6.45) is 75.6. The van der Waals surface area contributed by atoms with Crippen LogP contribution in [0.25, 0.3) is 0 Å². The Morgan fingerprint density at radius 3 is 0.873 bits per heavy atom. The summed E-state index contributed by atoms with van der Waals surface area (Å²) in [6.45, 7) is 6.48. The average molecular weight is 994 g/mol. The van der Waals surface area contributed by atoms with Crippen molar-refractivity contribution in [1.29, 1.82) is 0 Å². The van der Waals surface area contributed by atoms with Crippen molar-refractivity contribution in [3.63, 3.8) is 0 Å². The van der Waals surface area contributed by atoms with Crippen LogP contribution in [-0.2, 0) is 28.6 Å². The predicted molar refractivity (Wildman–Crippen MR) is 307 cm³/mol. The number of ether oxygens (including phenoxy) is 3. The highest BCUT2D eigenvalue weighted by Gasteiger charge is 2.19. The molecule has 0 aromatic carbocycles. The molecule has 0 aliphatic carbocycles. The molecule has 71 heavy (non-hydrogen) atoms. The summed E-state index contributed by atoms with van der Waals surface area (Å²) in [5.74, 6) is -0.880. The van der Waals surface area contributed by atoms with Crippen molar-refractivity contribution in [3.8, 4) is 0 Å². The third kappa shape index (κ3) is 57.9. The van der Waals surface area contributed by atoms with Crippen LogP contribution in [0.4, 0.5) is 0 Å². The summed E-state index contributed by atoms with van der Waals surface area (Å²) in [6, 6.07) is 0. The third-order valence-corrected chi connectivity index (χ3v) is 13.5. The van der Waals surface area contributed by atoms with E-state index in [0.29, 0.717) is 19.3 Å². The highest BCUT2D eigenvalue weighted by molar-refractivity contribution is 5.71. The third-order valence-electron chi connectivity index (χ3n) is 13.5. The zero-order valence-electron chi connectivity index (χ0n) is 47.2. The standard InChI is InChI=1S/C65H116O6/c1-4-7-10-13-15-17-19-21-23-25-27-29-31-32-34-35-37-39-41-43-45-47-49-52-55-58-64(67)70-61-62(60-69-63(66)57-54-51-12-9-6-3)71-65(68)59-56-53-50-48-46-44-42-40-38-36-33-30-28-26-24-22-20-18-16-14-11-8-5-2/h8,11,16,18,22,24-25,27-28,30,62H,4-7,9-10,12-15,17,19-21,23,26,29,31-61H2,1-3H3/b11-8-,18-16-,24-22-,27-25-,30-28-. The molecule has 0 bridgehead atoms. The van der Waals surface area contributed by atoms with Gasteiger partial charge in [0.1, 0.15) is 13.2 Å².